The van der Waals surface area contributed by atoms with Gasteiger partial charge < -0.3 is 5.73 Å². The Balaban J connectivity index is 1.38. The number of aromatic nitrogens is 4. The number of nitriles is 2. The fourth-order valence-electron chi connectivity index (χ4n) is 4.72. The smallest absolute Gasteiger partial charge is 0.173 e. The maximum Gasteiger partial charge on any atom is 0.173 e. The van der Waals surface area contributed by atoms with E-state index in [1.807, 2.05) is 49.1 Å². The Bertz CT molecular complexity index is 1580. The second kappa shape index (κ2) is 12.5. The zero-order chi connectivity index (χ0) is 27.7. The highest BCUT2D eigenvalue weighted by Crippen LogP contribution is 2.16. The number of benzene rings is 1. The lowest BCUT2D eigenvalue weighted by Crippen LogP contribution is -2.36. The van der Waals surface area contributed by atoms with Crippen molar-refractivity contribution in [2.45, 2.75) is 26.2 Å². The van der Waals surface area contributed by atoms with Crippen LogP contribution in [-0.4, -0.2) is 6.54 Å². The van der Waals surface area contributed by atoms with E-state index in [-0.39, 0.29) is 0 Å². The van der Waals surface area contributed by atoms with E-state index >= 15 is 0 Å². The number of nitrogens with two attached hydrogens (primary N) is 1. The first-order chi connectivity index (χ1) is 19.6. The van der Waals surface area contributed by atoms with Crippen LogP contribution in [0.5, 0.6) is 0 Å². The van der Waals surface area contributed by atoms with E-state index < -0.39 is 0 Å². The molecule has 194 valence electrons. The van der Waals surface area contributed by atoms with Gasteiger partial charge in [0.15, 0.2) is 75.8 Å². The third kappa shape index (κ3) is 6.79. The Labute approximate surface area is 234 Å². The van der Waals surface area contributed by atoms with Crippen LogP contribution in [0.25, 0.3) is 11.1 Å². The van der Waals surface area contributed by atoms with Gasteiger partial charge in [-0.3, -0.25) is 0 Å². The molecule has 0 unspecified atom stereocenters. The minimum Gasteiger partial charge on any atom is -0.325 e. The average molecular weight is 526 g/mol. The molecule has 0 atom stereocenters. The summed E-state index contributed by atoms with van der Waals surface area (Å²) in [6.07, 6.45) is 16.1. The molecule has 0 aliphatic carbocycles. The summed E-state index contributed by atoms with van der Waals surface area (Å²) >= 11 is 0. The van der Waals surface area contributed by atoms with E-state index in [9.17, 15) is 0 Å². The monoisotopic (exact) mass is 525 g/mol. The number of hydrogen-bond acceptors (Lipinski definition) is 3. The summed E-state index contributed by atoms with van der Waals surface area (Å²) < 4.78 is 8.44. The zero-order valence-corrected chi connectivity index (χ0v) is 22.3. The lowest BCUT2D eigenvalue weighted by atomic mass is 10.0. The highest BCUT2D eigenvalue weighted by molar-refractivity contribution is 5.60. The number of pyridine rings is 4. The number of hydrogen-bond donors (Lipinski definition) is 1. The summed E-state index contributed by atoms with van der Waals surface area (Å²) in [5, 5.41) is 18.3. The van der Waals surface area contributed by atoms with Crippen molar-refractivity contribution in [1.29, 1.82) is 10.5 Å². The predicted molar refractivity (Wildman–Crippen MR) is 148 cm³/mol. The Kier molecular flexibility index (Phi) is 8.26. The van der Waals surface area contributed by atoms with Crippen LogP contribution in [0.15, 0.2) is 116 Å². The maximum atomic E-state index is 9.13. The third-order valence-corrected chi connectivity index (χ3v) is 6.75. The van der Waals surface area contributed by atoms with Crippen molar-refractivity contribution < 1.29 is 18.3 Å². The summed E-state index contributed by atoms with van der Waals surface area (Å²) in [5.74, 6) is 0. The van der Waals surface area contributed by atoms with Crippen LogP contribution < -0.4 is 24.0 Å². The molecule has 4 heterocycles. The van der Waals surface area contributed by atoms with Gasteiger partial charge in [-0.2, -0.15) is 10.5 Å². The van der Waals surface area contributed by atoms with Gasteiger partial charge in [-0.25, -0.2) is 18.3 Å². The molecule has 0 radical (unpaired) electrons. The van der Waals surface area contributed by atoms with Crippen molar-refractivity contribution in [1.82, 2.24) is 0 Å². The van der Waals surface area contributed by atoms with Crippen molar-refractivity contribution in [3.05, 3.63) is 144 Å². The molecule has 7 heteroatoms. The first-order valence-corrected chi connectivity index (χ1v) is 13.2. The van der Waals surface area contributed by atoms with E-state index in [0.717, 1.165) is 13.1 Å². The Morgan fingerprint density at radius 2 is 0.825 bits per heavy atom. The molecule has 0 fully saturated rings. The molecule has 2 N–H and O–H groups in total. The minimum absolute atomic E-state index is 0.622. The van der Waals surface area contributed by atoms with Gasteiger partial charge in [-0.05, 0) is 29.3 Å². The van der Waals surface area contributed by atoms with Crippen LogP contribution in [-0.2, 0) is 26.2 Å². The van der Waals surface area contributed by atoms with Gasteiger partial charge in [0.2, 0.25) is 0 Å². The van der Waals surface area contributed by atoms with Crippen LogP contribution in [0.4, 0.5) is 0 Å². The topological polar surface area (TPSA) is 89.1 Å². The molecule has 1 aromatic carbocycles. The van der Waals surface area contributed by atoms with E-state index in [2.05, 4.69) is 97.7 Å². The van der Waals surface area contributed by atoms with Crippen molar-refractivity contribution in [3.63, 3.8) is 0 Å². The van der Waals surface area contributed by atoms with Gasteiger partial charge in [0.1, 0.15) is 0 Å². The van der Waals surface area contributed by atoms with E-state index in [1.165, 1.54) is 27.8 Å². The molecule has 4 aromatic heterocycles. The standard InChI is InChI=1S/C33H31N7/c34-9-18-37-14-5-32(6-15-37)33-7-16-40(17-8-33)26-31-20-29(24-38-10-1-27(22-35)2-11-38)19-30(21-31)25-39-12-3-28(23-36)4-13-39/h1-8,10-17,19-21H,9,18,24-26,34H2/q+4. The van der Waals surface area contributed by atoms with E-state index in [4.69, 9.17) is 16.3 Å². The third-order valence-electron chi connectivity index (χ3n) is 6.75. The quantitative estimate of drug-likeness (QED) is 0.300. The Morgan fingerprint density at radius 3 is 1.15 bits per heavy atom. The lowest BCUT2D eigenvalue weighted by Gasteiger charge is -2.07. The highest BCUT2D eigenvalue weighted by atomic mass is 14.9. The lowest BCUT2D eigenvalue weighted by molar-refractivity contribution is -0.694. The van der Waals surface area contributed by atoms with Crippen LogP contribution >= 0.6 is 0 Å². The van der Waals surface area contributed by atoms with Crippen molar-refractivity contribution in [3.8, 4) is 23.3 Å². The number of nitrogens with zero attached hydrogens (tertiary/aromatic N) is 6. The maximum absolute atomic E-state index is 9.13. The second-order valence-corrected chi connectivity index (χ2v) is 9.77. The largest absolute Gasteiger partial charge is 0.325 e. The van der Waals surface area contributed by atoms with Gasteiger partial charge in [-0.15, -0.1) is 0 Å². The first-order valence-electron chi connectivity index (χ1n) is 13.2. The molecule has 0 saturated carbocycles. The Hall–Kier alpha value is -5.24. The molecule has 40 heavy (non-hydrogen) atoms. The molecule has 5 aromatic rings. The van der Waals surface area contributed by atoms with Crippen LogP contribution in [0, 0.1) is 22.7 Å². The summed E-state index contributed by atoms with van der Waals surface area (Å²) in [6.45, 7) is 3.57. The van der Waals surface area contributed by atoms with Gasteiger partial charge in [0.05, 0.1) is 29.8 Å². The average Bonchev–Trinajstić information content (AvgIpc) is 2.99. The van der Waals surface area contributed by atoms with E-state index in [1.54, 1.807) is 0 Å². The van der Waals surface area contributed by atoms with Gasteiger partial charge >= 0.3 is 0 Å². The summed E-state index contributed by atoms with van der Waals surface area (Å²) in [5.41, 5.74) is 12.9. The predicted octanol–water partition coefficient (Wildman–Crippen LogP) is 2.35. The van der Waals surface area contributed by atoms with Crippen molar-refractivity contribution in [2.75, 3.05) is 6.54 Å². The fourth-order valence-corrected chi connectivity index (χ4v) is 4.72. The molecular weight excluding hydrogens is 494 g/mol. The molecule has 0 aliphatic rings. The summed E-state index contributed by atoms with van der Waals surface area (Å²) in [6, 6.07) is 26.9. The Morgan fingerprint density at radius 1 is 0.500 bits per heavy atom. The first kappa shape index (κ1) is 26.4. The van der Waals surface area contributed by atoms with Crippen LogP contribution in [0.3, 0.4) is 0 Å². The molecule has 5 rings (SSSR count). The van der Waals surface area contributed by atoms with Gasteiger partial charge in [-0.1, -0.05) is 0 Å². The summed E-state index contributed by atoms with van der Waals surface area (Å²) in [4.78, 5) is 0. The van der Waals surface area contributed by atoms with Gasteiger partial charge in [0.25, 0.3) is 0 Å². The summed E-state index contributed by atoms with van der Waals surface area (Å²) in [7, 11) is 0. The molecular formula is C33H31N7+4. The minimum atomic E-state index is 0.622. The fraction of sp³-hybridized carbons (Fsp3) is 0.152. The molecule has 0 aliphatic heterocycles. The van der Waals surface area contributed by atoms with Crippen LogP contribution in [0.2, 0.25) is 0 Å². The number of rotatable bonds is 9. The van der Waals surface area contributed by atoms with Gasteiger partial charge in [0, 0.05) is 65.2 Å². The van der Waals surface area contributed by atoms with Crippen LogP contribution in [0.1, 0.15) is 27.8 Å². The molecule has 7 nitrogen and oxygen atoms in total. The molecule has 0 amide bonds. The normalized spacial score (nSPS) is 10.6. The molecule has 0 bridgehead atoms. The highest BCUT2D eigenvalue weighted by Gasteiger charge is 2.13. The van der Waals surface area contributed by atoms with Crippen molar-refractivity contribution >= 4 is 0 Å². The second-order valence-electron chi connectivity index (χ2n) is 9.77. The SMILES string of the molecule is N#Cc1cc[n+](Cc2cc(C[n+]3ccc(C#N)cc3)cc(C[n+]3ccc(-c4cc[n+](CCN)cc4)cc3)c2)cc1. The molecule has 0 spiro atoms. The van der Waals surface area contributed by atoms with E-state index in [0.29, 0.717) is 30.8 Å². The molecule has 0 saturated heterocycles. The zero-order valence-electron chi connectivity index (χ0n) is 22.3. The van der Waals surface area contributed by atoms with Crippen molar-refractivity contribution in [2.24, 2.45) is 5.73 Å².